The Morgan fingerprint density at radius 1 is 1.36 bits per heavy atom. The fraction of sp³-hybridized carbons (Fsp3) is 0.444. The van der Waals surface area contributed by atoms with E-state index < -0.39 is 0 Å². The highest BCUT2D eigenvalue weighted by Gasteiger charge is 2.20. The Labute approximate surface area is 135 Å². The van der Waals surface area contributed by atoms with Gasteiger partial charge in [0.1, 0.15) is 5.82 Å². The molecule has 0 radical (unpaired) electrons. The molecule has 0 unspecified atom stereocenters. The number of rotatable bonds is 3. The highest BCUT2D eigenvalue weighted by molar-refractivity contribution is 7.10. The van der Waals surface area contributed by atoms with Gasteiger partial charge >= 0.3 is 0 Å². The Bertz CT molecular complexity index is 721. The van der Waals surface area contributed by atoms with Crippen LogP contribution < -0.4 is 0 Å². The molecule has 0 aliphatic heterocycles. The van der Waals surface area contributed by atoms with Crippen LogP contribution in [0, 0.1) is 11.8 Å². The van der Waals surface area contributed by atoms with E-state index in [9.17, 15) is 0 Å². The third kappa shape index (κ3) is 3.00. The van der Waals surface area contributed by atoms with Crippen LogP contribution in [0.3, 0.4) is 0 Å². The molecule has 3 rings (SSSR count). The number of aliphatic imine (C=N–C) groups is 1. The monoisotopic (exact) mass is 311 g/mol. The van der Waals surface area contributed by atoms with Crippen molar-refractivity contribution < 1.29 is 0 Å². The minimum atomic E-state index is 0.653. The van der Waals surface area contributed by atoms with Crippen molar-refractivity contribution in [2.24, 2.45) is 4.99 Å². The topological polar surface area (TPSA) is 41.0 Å². The Hall–Kier alpha value is -1.86. The van der Waals surface area contributed by atoms with Crippen LogP contribution >= 0.6 is 11.3 Å². The standard InChI is InChI=1S/C18H21N3S/c1-3-8-14-15(11-20-17(14)19-4-2)16-12-22-18(21-16)13-9-6-5-7-10-13/h4,11-13,20H,5-7,9-10H2,1-2H3/b19-4-. The van der Waals surface area contributed by atoms with Crippen LogP contribution in [-0.2, 0) is 0 Å². The normalized spacial score (nSPS) is 15.9. The van der Waals surface area contributed by atoms with Crippen LogP contribution in [0.25, 0.3) is 11.3 Å². The number of thiazole rings is 1. The highest BCUT2D eigenvalue weighted by atomic mass is 32.1. The first-order valence-corrected chi connectivity index (χ1v) is 8.80. The maximum Gasteiger partial charge on any atom is 0.146 e. The van der Waals surface area contributed by atoms with Crippen LogP contribution in [0.5, 0.6) is 0 Å². The van der Waals surface area contributed by atoms with Crippen molar-refractivity contribution in [2.75, 3.05) is 0 Å². The summed E-state index contributed by atoms with van der Waals surface area (Å²) >= 11 is 1.79. The zero-order valence-electron chi connectivity index (χ0n) is 13.1. The fourth-order valence-corrected chi connectivity index (χ4v) is 4.04. The van der Waals surface area contributed by atoms with Crippen LogP contribution in [-0.4, -0.2) is 16.2 Å². The minimum Gasteiger partial charge on any atom is -0.345 e. The molecule has 1 saturated carbocycles. The highest BCUT2D eigenvalue weighted by Crippen LogP contribution is 2.37. The van der Waals surface area contributed by atoms with E-state index in [0.717, 1.165) is 22.6 Å². The van der Waals surface area contributed by atoms with E-state index >= 15 is 0 Å². The number of aromatic nitrogens is 2. The van der Waals surface area contributed by atoms with Crippen molar-refractivity contribution >= 4 is 23.4 Å². The Morgan fingerprint density at radius 2 is 2.18 bits per heavy atom. The molecule has 2 aromatic heterocycles. The summed E-state index contributed by atoms with van der Waals surface area (Å²) < 4.78 is 0. The van der Waals surface area contributed by atoms with Gasteiger partial charge in [-0.1, -0.05) is 25.2 Å². The number of nitrogens with zero attached hydrogens (tertiary/aromatic N) is 2. The van der Waals surface area contributed by atoms with Crippen LogP contribution in [0.4, 0.5) is 5.82 Å². The lowest BCUT2D eigenvalue weighted by atomic mass is 9.90. The summed E-state index contributed by atoms with van der Waals surface area (Å²) in [7, 11) is 0. The summed E-state index contributed by atoms with van der Waals surface area (Å²) in [6.45, 7) is 3.76. The summed E-state index contributed by atoms with van der Waals surface area (Å²) in [5.41, 5.74) is 3.03. The zero-order chi connectivity index (χ0) is 15.4. The quantitative estimate of drug-likeness (QED) is 0.608. The molecule has 2 heterocycles. The average molecular weight is 311 g/mol. The van der Waals surface area contributed by atoms with Crippen molar-refractivity contribution in [1.82, 2.24) is 9.97 Å². The molecule has 1 fully saturated rings. The van der Waals surface area contributed by atoms with E-state index in [4.69, 9.17) is 4.98 Å². The van der Waals surface area contributed by atoms with Gasteiger partial charge in [0.25, 0.3) is 0 Å². The Kier molecular flexibility index (Phi) is 4.74. The summed E-state index contributed by atoms with van der Waals surface area (Å²) in [6.07, 6.45) is 10.4. The molecule has 0 bridgehead atoms. The van der Waals surface area contributed by atoms with Gasteiger partial charge in [-0.15, -0.1) is 17.3 Å². The van der Waals surface area contributed by atoms with Gasteiger partial charge in [-0.3, -0.25) is 0 Å². The van der Waals surface area contributed by atoms with E-state index in [2.05, 4.69) is 27.2 Å². The van der Waals surface area contributed by atoms with Crippen LogP contribution in [0.2, 0.25) is 0 Å². The Balaban J connectivity index is 1.94. The van der Waals surface area contributed by atoms with Gasteiger partial charge < -0.3 is 4.98 Å². The van der Waals surface area contributed by atoms with E-state index in [1.54, 1.807) is 17.6 Å². The molecular weight excluding hydrogens is 290 g/mol. The maximum absolute atomic E-state index is 4.90. The predicted molar refractivity (Wildman–Crippen MR) is 94.1 cm³/mol. The predicted octanol–water partition coefficient (Wildman–Crippen LogP) is 5.28. The summed E-state index contributed by atoms with van der Waals surface area (Å²) in [5.74, 6) is 7.62. The molecule has 3 nitrogen and oxygen atoms in total. The van der Waals surface area contributed by atoms with Gasteiger partial charge in [-0.05, 0) is 26.7 Å². The zero-order valence-corrected chi connectivity index (χ0v) is 14.0. The summed E-state index contributed by atoms with van der Waals surface area (Å²) in [4.78, 5) is 12.5. The molecule has 114 valence electrons. The van der Waals surface area contributed by atoms with Crippen molar-refractivity contribution in [3.63, 3.8) is 0 Å². The third-order valence-corrected chi connectivity index (χ3v) is 5.13. The number of hydrogen-bond acceptors (Lipinski definition) is 3. The SMILES string of the molecule is CC#Cc1c(-c2csc(C3CCCCC3)n2)c[nH]c1/N=C\C. The molecule has 1 aliphatic carbocycles. The first-order valence-electron chi connectivity index (χ1n) is 7.92. The average Bonchev–Trinajstić information content (AvgIpc) is 3.17. The lowest BCUT2D eigenvalue weighted by molar-refractivity contribution is 0.442. The fourth-order valence-electron chi connectivity index (χ4n) is 3.05. The lowest BCUT2D eigenvalue weighted by Gasteiger charge is -2.18. The van der Waals surface area contributed by atoms with Crippen molar-refractivity contribution in [1.29, 1.82) is 0 Å². The largest absolute Gasteiger partial charge is 0.345 e. The Morgan fingerprint density at radius 3 is 2.91 bits per heavy atom. The van der Waals surface area contributed by atoms with Crippen LogP contribution in [0.15, 0.2) is 16.6 Å². The number of aromatic amines is 1. The third-order valence-electron chi connectivity index (χ3n) is 4.12. The van der Waals surface area contributed by atoms with E-state index in [1.807, 2.05) is 20.0 Å². The summed E-state index contributed by atoms with van der Waals surface area (Å²) in [6, 6.07) is 0. The number of nitrogens with one attached hydrogen (secondary N) is 1. The van der Waals surface area contributed by atoms with E-state index in [0.29, 0.717) is 5.92 Å². The van der Waals surface area contributed by atoms with Gasteiger partial charge in [0.05, 0.1) is 16.3 Å². The van der Waals surface area contributed by atoms with Crippen LogP contribution in [0.1, 0.15) is 62.4 Å². The molecule has 0 atom stereocenters. The molecule has 0 saturated heterocycles. The van der Waals surface area contributed by atoms with Gasteiger partial charge in [-0.25, -0.2) is 9.98 Å². The van der Waals surface area contributed by atoms with Gasteiger partial charge in [0.15, 0.2) is 0 Å². The molecule has 1 N–H and O–H groups in total. The number of H-pyrrole nitrogens is 1. The molecule has 22 heavy (non-hydrogen) atoms. The molecular formula is C18H21N3S. The second-order valence-corrected chi connectivity index (χ2v) is 6.48. The van der Waals surface area contributed by atoms with Gasteiger partial charge in [-0.2, -0.15) is 0 Å². The lowest BCUT2D eigenvalue weighted by Crippen LogP contribution is -2.03. The van der Waals surface area contributed by atoms with Gasteiger partial charge in [0.2, 0.25) is 0 Å². The molecule has 0 spiro atoms. The van der Waals surface area contributed by atoms with Crippen molar-refractivity contribution in [3.05, 3.63) is 22.1 Å². The number of hydrogen-bond donors (Lipinski definition) is 1. The first-order chi connectivity index (χ1) is 10.8. The molecule has 2 aromatic rings. The molecule has 0 aromatic carbocycles. The maximum atomic E-state index is 4.90. The molecule has 1 aliphatic rings. The molecule has 4 heteroatoms. The van der Waals surface area contributed by atoms with E-state index in [-0.39, 0.29) is 0 Å². The minimum absolute atomic E-state index is 0.653. The second kappa shape index (κ2) is 6.93. The smallest absolute Gasteiger partial charge is 0.146 e. The first kappa shape index (κ1) is 15.1. The van der Waals surface area contributed by atoms with Crippen molar-refractivity contribution in [3.8, 4) is 23.1 Å². The summed E-state index contributed by atoms with van der Waals surface area (Å²) in [5, 5.41) is 3.44. The molecule has 0 amide bonds. The van der Waals surface area contributed by atoms with E-state index in [1.165, 1.54) is 37.1 Å². The second-order valence-electron chi connectivity index (χ2n) is 5.59. The van der Waals surface area contributed by atoms with Crippen molar-refractivity contribution in [2.45, 2.75) is 51.9 Å². The van der Waals surface area contributed by atoms with Gasteiger partial charge in [0, 0.05) is 29.3 Å².